The van der Waals surface area contributed by atoms with E-state index in [2.05, 4.69) is 51.7 Å². The second kappa shape index (κ2) is 31.5. The smallest absolute Gasteiger partial charge is 0.397 e. The van der Waals surface area contributed by atoms with Gasteiger partial charge in [0.15, 0.2) is 49.6 Å². The highest BCUT2D eigenvalue weighted by atomic mass is 35.5. The number of aliphatic imine (C=N–C) groups is 2. The summed E-state index contributed by atoms with van der Waals surface area (Å²) < 4.78 is 222. The minimum Gasteiger partial charge on any atom is -0.479 e. The first kappa shape index (κ1) is 75.0. The summed E-state index contributed by atoms with van der Waals surface area (Å²) in [6.07, 6.45) is -48.0. The van der Waals surface area contributed by atoms with E-state index in [1.54, 1.807) is 0 Å². The maximum atomic E-state index is 12.7. The highest BCUT2D eigenvalue weighted by molar-refractivity contribution is 7.83. The van der Waals surface area contributed by atoms with Crippen molar-refractivity contribution in [1.29, 1.82) is 0 Å². The topological polar surface area (TPSA) is 638 Å². The summed E-state index contributed by atoms with van der Waals surface area (Å²) in [7, 11) is -25.0. The monoisotopic (exact) mass is 1330 g/mol. The predicted molar refractivity (Wildman–Crippen MR) is 256 cm³/mol. The van der Waals surface area contributed by atoms with Gasteiger partial charge in [0.25, 0.3) is 0 Å². The van der Waals surface area contributed by atoms with Crippen LogP contribution < -0.4 is 10.0 Å². The molecule has 4 aliphatic rings. The van der Waals surface area contributed by atoms with Crippen molar-refractivity contribution in [2.45, 2.75) is 143 Å². The predicted octanol–water partition coefficient (Wildman–Crippen LogP) is -9.16. The fourth-order valence-electron chi connectivity index (χ4n) is 7.69. The van der Waals surface area contributed by atoms with Crippen LogP contribution in [0.15, 0.2) is 9.98 Å². The molecule has 0 bridgehead atoms. The zero-order valence-electron chi connectivity index (χ0n) is 42.2. The lowest BCUT2D eigenvalue weighted by molar-refractivity contribution is -0.366. The number of amides is 1. The number of aliphatic hydroxyl groups excluding tert-OH is 6. The number of aliphatic carboxylic acids is 2. The number of hydrogen-bond donors (Lipinski definition) is 15. The van der Waals surface area contributed by atoms with Crippen LogP contribution in [0.2, 0.25) is 0 Å². The van der Waals surface area contributed by atoms with Crippen molar-refractivity contribution in [3.05, 3.63) is 0 Å². The van der Waals surface area contributed by atoms with Gasteiger partial charge in [0.05, 0.1) is 25.8 Å². The van der Waals surface area contributed by atoms with Crippen molar-refractivity contribution in [1.82, 2.24) is 14.9 Å². The quantitative estimate of drug-likeness (QED) is 0.0217. The lowest BCUT2D eigenvalue weighted by Crippen LogP contribution is -2.71. The zero-order chi connectivity index (χ0) is 61.9. The van der Waals surface area contributed by atoms with E-state index in [-0.39, 0.29) is 12.4 Å². The third kappa shape index (κ3) is 23.6. The lowest BCUT2D eigenvalue weighted by Gasteiger charge is -2.50. The van der Waals surface area contributed by atoms with E-state index < -0.39 is 206 Å². The molecule has 0 saturated carbocycles. The molecule has 0 aromatic heterocycles. The van der Waals surface area contributed by atoms with Crippen molar-refractivity contribution < 1.29 is 170 Å². The van der Waals surface area contributed by atoms with Gasteiger partial charge < -0.3 is 84.2 Å². The number of halogens is 1. The molecule has 0 unspecified atom stereocenters. The Morgan fingerprint density at radius 3 is 1.56 bits per heavy atom. The Labute approximate surface area is 471 Å². The molecule has 0 aromatic carbocycles. The Morgan fingerprint density at radius 2 is 1.10 bits per heavy atom. The fourth-order valence-corrected chi connectivity index (χ4v) is 10.1. The number of carboxylic acid groups (broad SMARTS) is 2. The first-order valence-electron chi connectivity index (χ1n) is 22.5. The second-order valence-electron chi connectivity index (χ2n) is 17.2. The molecule has 82 heavy (non-hydrogen) atoms. The standard InChI is InChI=1S/C26H42N2O37S5.C8H17N3.ClH/c1-4(30)27-7-9(31)13(6(56-23(7)39)3-55-67(43,44)45)58-26-19(65-70(52,53)54)12(34)16(20(62-26)22(37)38)60-24-8(28-66(40,41)42)15(63-68(46,47)48)14(5(2-29)57-24)59-25-18(64-69(49,50)51)11(33)10(32)17(61-25)21(35)36;1-4-9-8-10-6-5-7-11(2)3;/h5-20,23-26,28-29,31-34,39H,2-3H2,1H3,(H,27,30)(H,35,36)(H,37,38)(H,40,41,42)(H,43,44,45)(H,46,47,48)(H,49,50,51)(H,52,53,54);4-7H2,1-3H3;1H/t5-,6+,7-,8-,9-,10-,11-,12+,13-,14-,15-,16+,17-,18+,19-,20+,23-,24+,25+,26-;;/m1../s1. The SMILES string of the molecule is CC(=O)N[C@@H]1[C@@H](O)[C@H](O[C@@H]2O[C@H](C(=O)O)[C@@H](O[C@@H]3O[C@H](CO)[C@@H](O[C@H]4O[C@@H](C(=O)O)[C@H](O)[C@@H](O)[C@@H]4OS(=O)(=O)O)[C@H](OS(=O)(=O)O)[C@H]3NS(=O)(=O)O)[C@H](O)[C@H]2OS(=O)(=O)O)[C@H](COS(=O)(=O)O)O[C@H]1O.CCN=C=NCCCN(C)C.Cl. The van der Waals surface area contributed by atoms with Crippen LogP contribution in [0, 0.1) is 0 Å². The molecule has 4 heterocycles. The Hall–Kier alpha value is -3.13. The summed E-state index contributed by atoms with van der Waals surface area (Å²) in [5.41, 5.74) is 0. The van der Waals surface area contributed by atoms with Gasteiger partial charge in [-0.15, -0.1) is 12.4 Å². The van der Waals surface area contributed by atoms with Gasteiger partial charge in [-0.2, -0.15) is 46.8 Å². The summed E-state index contributed by atoms with van der Waals surface area (Å²) in [6, 6.07) is -2.32. The second-order valence-corrected chi connectivity index (χ2v) is 22.6. The molecule has 20 atom stereocenters. The Bertz CT molecular complexity index is 2760. The molecule has 480 valence electrons. The van der Waals surface area contributed by atoms with E-state index in [0.717, 1.165) is 33.0 Å². The number of nitrogens with one attached hydrogen (secondary N) is 2. The Balaban J connectivity index is 0.00000172. The molecular formula is C34H60ClN5O37S5. The molecule has 4 fully saturated rings. The third-order valence-electron chi connectivity index (χ3n) is 10.9. The number of nitrogens with zero attached hydrogens (tertiary/aromatic N) is 3. The van der Waals surface area contributed by atoms with Crippen LogP contribution in [-0.2, 0) is 116 Å². The highest BCUT2D eigenvalue weighted by Gasteiger charge is 2.60. The molecule has 15 N–H and O–H groups in total. The van der Waals surface area contributed by atoms with Crippen molar-refractivity contribution in [2.24, 2.45) is 9.98 Å². The fraction of sp³-hybridized carbons (Fsp3) is 0.882. The van der Waals surface area contributed by atoms with Gasteiger partial charge >= 0.3 is 63.8 Å². The van der Waals surface area contributed by atoms with Gasteiger partial charge in [-0.1, -0.05) is 0 Å². The average Bonchev–Trinajstić information content (AvgIpc) is 2.82. The average molecular weight is 1330 g/mol. The van der Waals surface area contributed by atoms with Crippen molar-refractivity contribution in [3.8, 4) is 0 Å². The number of aliphatic hydroxyl groups is 6. The molecule has 0 spiro atoms. The van der Waals surface area contributed by atoms with Crippen LogP contribution in [-0.4, -0.2) is 304 Å². The molecule has 0 radical (unpaired) electrons. The number of rotatable bonds is 26. The van der Waals surface area contributed by atoms with Gasteiger partial charge in [-0.25, -0.2) is 36.3 Å². The molecular weight excluding hydrogens is 1270 g/mol. The van der Waals surface area contributed by atoms with E-state index in [1.807, 2.05) is 12.2 Å². The van der Waals surface area contributed by atoms with E-state index in [0.29, 0.717) is 0 Å². The normalized spacial score (nSPS) is 34.7. The molecule has 0 aromatic rings. The molecule has 0 aliphatic carbocycles. The van der Waals surface area contributed by atoms with Gasteiger partial charge in [0.2, 0.25) is 5.91 Å². The molecule has 4 saturated heterocycles. The highest BCUT2D eigenvalue weighted by Crippen LogP contribution is 2.37. The summed E-state index contributed by atoms with van der Waals surface area (Å²) in [4.78, 5) is 46.4. The Kier molecular flexibility index (Phi) is 28.8. The summed E-state index contributed by atoms with van der Waals surface area (Å²) >= 11 is 0. The lowest BCUT2D eigenvalue weighted by atomic mass is 9.94. The Morgan fingerprint density at radius 1 is 0.598 bits per heavy atom. The largest absolute Gasteiger partial charge is 0.479 e. The van der Waals surface area contributed by atoms with Gasteiger partial charge in [-0.3, -0.25) is 27.6 Å². The molecule has 4 rings (SSSR count). The number of carboxylic acids is 2. The first-order valence-corrected chi connectivity index (χ1v) is 29.4. The van der Waals surface area contributed by atoms with Crippen molar-refractivity contribution in [3.63, 3.8) is 0 Å². The van der Waals surface area contributed by atoms with Gasteiger partial charge in [0.1, 0.15) is 73.1 Å². The number of carbonyl (C=O) groups excluding carboxylic acids is 1. The van der Waals surface area contributed by atoms with E-state index in [9.17, 15) is 116 Å². The molecule has 42 nitrogen and oxygen atoms in total. The number of ether oxygens (including phenoxy) is 7. The molecule has 48 heteroatoms. The molecule has 4 aliphatic heterocycles. The van der Waals surface area contributed by atoms with Gasteiger partial charge in [0, 0.05) is 13.5 Å². The van der Waals surface area contributed by atoms with E-state index >= 15 is 0 Å². The van der Waals surface area contributed by atoms with Crippen LogP contribution in [0.3, 0.4) is 0 Å². The summed E-state index contributed by atoms with van der Waals surface area (Å²) in [5.74, 6) is -5.49. The number of hydrogen-bond acceptors (Lipinski definition) is 33. The van der Waals surface area contributed by atoms with Gasteiger partial charge in [-0.05, 0) is 34.0 Å². The maximum absolute atomic E-state index is 12.7. The number of carbonyl (C=O) groups is 3. The van der Waals surface area contributed by atoms with E-state index in [4.69, 9.17) is 37.7 Å². The maximum Gasteiger partial charge on any atom is 0.397 e. The third-order valence-corrected chi connectivity index (χ3v) is 13.3. The zero-order valence-corrected chi connectivity index (χ0v) is 47.1. The summed E-state index contributed by atoms with van der Waals surface area (Å²) in [6.45, 7) is 2.43. The van der Waals surface area contributed by atoms with Crippen molar-refractivity contribution in [2.75, 3.05) is 46.9 Å². The van der Waals surface area contributed by atoms with E-state index in [1.165, 1.54) is 4.72 Å². The molecule has 1 amide bonds. The van der Waals surface area contributed by atoms with Crippen LogP contribution in [0.1, 0.15) is 20.3 Å². The van der Waals surface area contributed by atoms with Crippen LogP contribution in [0.25, 0.3) is 0 Å². The summed E-state index contributed by atoms with van der Waals surface area (Å²) in [5, 5.41) is 86.0. The van der Waals surface area contributed by atoms with Crippen LogP contribution >= 0.6 is 12.4 Å². The first-order chi connectivity index (χ1) is 37.1. The minimum absolute atomic E-state index is 0. The van der Waals surface area contributed by atoms with Crippen LogP contribution in [0.4, 0.5) is 0 Å². The van der Waals surface area contributed by atoms with Crippen molar-refractivity contribution >= 4 is 88.2 Å². The minimum atomic E-state index is -6.09. The van der Waals surface area contributed by atoms with Crippen LogP contribution in [0.5, 0.6) is 0 Å².